The average Bonchev–Trinajstić information content (AvgIpc) is 3.52. The van der Waals surface area contributed by atoms with E-state index in [0.717, 1.165) is 55.7 Å². The second kappa shape index (κ2) is 8.74. The van der Waals surface area contributed by atoms with Crippen LogP contribution >= 0.6 is 0 Å². The van der Waals surface area contributed by atoms with E-state index in [1.54, 1.807) is 10.6 Å². The van der Waals surface area contributed by atoms with Crippen LogP contribution in [0.5, 0.6) is 5.75 Å². The predicted molar refractivity (Wildman–Crippen MR) is 125 cm³/mol. The first-order valence-corrected chi connectivity index (χ1v) is 11.9. The first-order chi connectivity index (χ1) is 17.1. The first-order valence-electron chi connectivity index (χ1n) is 11.9. The van der Waals surface area contributed by atoms with E-state index in [4.69, 9.17) is 4.74 Å². The Hall–Kier alpha value is -3.84. The third-order valence-electron chi connectivity index (χ3n) is 6.90. The fraction of sp³-hybridized carbons (Fsp3) is 0.400. The Morgan fingerprint density at radius 3 is 2.74 bits per heavy atom. The minimum Gasteiger partial charge on any atom is -0.481 e. The lowest BCUT2D eigenvalue weighted by atomic mass is 10.1. The summed E-state index contributed by atoms with van der Waals surface area (Å²) in [5, 5.41) is 26.5. The predicted octanol–water partition coefficient (Wildman–Crippen LogP) is 3.76. The summed E-state index contributed by atoms with van der Waals surface area (Å²) in [5.74, 6) is 0.422. The van der Waals surface area contributed by atoms with Gasteiger partial charge >= 0.3 is 0 Å². The highest BCUT2D eigenvalue weighted by Crippen LogP contribution is 2.44. The van der Waals surface area contributed by atoms with Gasteiger partial charge in [0.15, 0.2) is 0 Å². The fourth-order valence-electron chi connectivity index (χ4n) is 4.88. The van der Waals surface area contributed by atoms with Crippen molar-refractivity contribution < 1.29 is 9.13 Å². The van der Waals surface area contributed by atoms with Gasteiger partial charge in [0.2, 0.25) is 0 Å². The summed E-state index contributed by atoms with van der Waals surface area (Å²) in [6.45, 7) is 3.96. The van der Waals surface area contributed by atoms with Crippen molar-refractivity contribution >= 4 is 5.52 Å². The van der Waals surface area contributed by atoms with Crippen molar-refractivity contribution in [2.45, 2.75) is 44.8 Å². The quantitative estimate of drug-likeness (QED) is 0.455. The maximum atomic E-state index is 13.5. The summed E-state index contributed by atoms with van der Waals surface area (Å²) in [7, 11) is 0. The van der Waals surface area contributed by atoms with Crippen molar-refractivity contribution in [1.29, 1.82) is 5.26 Å². The maximum absolute atomic E-state index is 13.5. The molecule has 1 N–H and O–H groups in total. The van der Waals surface area contributed by atoms with E-state index in [0.29, 0.717) is 28.6 Å². The van der Waals surface area contributed by atoms with E-state index in [-0.39, 0.29) is 17.8 Å². The molecule has 2 aliphatic rings. The number of hydrogen-bond acceptors (Lipinski definition) is 7. The zero-order chi connectivity index (χ0) is 23.9. The molecule has 0 spiro atoms. The lowest BCUT2D eigenvalue weighted by Crippen LogP contribution is -2.30. The molecule has 10 heteroatoms. The summed E-state index contributed by atoms with van der Waals surface area (Å²) in [6.07, 6.45) is 8.29. The maximum Gasteiger partial charge on any atom is 0.148 e. The lowest BCUT2D eigenvalue weighted by Gasteiger charge is -2.23. The second-order valence-corrected chi connectivity index (χ2v) is 9.28. The molecule has 1 aliphatic heterocycles. The van der Waals surface area contributed by atoms with Gasteiger partial charge in [-0.2, -0.15) is 10.4 Å². The van der Waals surface area contributed by atoms with Crippen LogP contribution < -0.4 is 10.1 Å². The van der Waals surface area contributed by atoms with Crippen molar-refractivity contribution in [3.63, 3.8) is 0 Å². The number of hydrogen-bond donors (Lipinski definition) is 1. The molecule has 1 aliphatic carbocycles. The number of nitriles is 1. The summed E-state index contributed by atoms with van der Waals surface area (Å²) in [4.78, 5) is 4.28. The number of aromatic nitrogens is 6. The number of nitrogens with one attached hydrogen (secondary N) is 1. The molecular formula is C25H25FN8O. The molecule has 5 heterocycles. The Kier molecular flexibility index (Phi) is 5.41. The Morgan fingerprint density at radius 2 is 2.03 bits per heavy atom. The highest BCUT2D eigenvalue weighted by molar-refractivity contribution is 5.74. The molecule has 9 nitrogen and oxygen atoms in total. The number of halogens is 1. The Morgan fingerprint density at radius 1 is 1.20 bits per heavy atom. The van der Waals surface area contributed by atoms with Crippen molar-refractivity contribution in [2.24, 2.45) is 5.92 Å². The summed E-state index contributed by atoms with van der Waals surface area (Å²) in [5.41, 5.74) is 4.22. The van der Waals surface area contributed by atoms with Gasteiger partial charge in [-0.25, -0.2) is 13.6 Å². The molecular weight excluding hydrogens is 447 g/mol. The normalized spacial score (nSPS) is 17.4. The summed E-state index contributed by atoms with van der Waals surface area (Å²) >= 11 is 0. The smallest absolute Gasteiger partial charge is 0.148 e. The fourth-order valence-corrected chi connectivity index (χ4v) is 4.88. The highest BCUT2D eigenvalue weighted by Gasteiger charge is 2.36. The van der Waals surface area contributed by atoms with Crippen LogP contribution in [0.1, 0.15) is 54.8 Å². The zero-order valence-corrected chi connectivity index (χ0v) is 19.4. The van der Waals surface area contributed by atoms with Gasteiger partial charge in [0, 0.05) is 17.7 Å². The van der Waals surface area contributed by atoms with E-state index in [1.807, 2.05) is 23.9 Å². The average molecular weight is 473 g/mol. The Bertz CT molecular complexity index is 1410. The molecule has 0 radical (unpaired) electrons. The third kappa shape index (κ3) is 4.02. The van der Waals surface area contributed by atoms with Gasteiger partial charge in [0.25, 0.3) is 0 Å². The lowest BCUT2D eigenvalue weighted by molar-refractivity contribution is 0.178. The van der Waals surface area contributed by atoms with Gasteiger partial charge in [-0.1, -0.05) is 5.21 Å². The van der Waals surface area contributed by atoms with Gasteiger partial charge in [-0.15, -0.1) is 5.10 Å². The molecule has 0 amide bonds. The number of fused-ring (bicyclic) bond motifs is 1. The van der Waals surface area contributed by atoms with Gasteiger partial charge in [-0.3, -0.25) is 4.98 Å². The molecule has 6 rings (SSSR count). The summed E-state index contributed by atoms with van der Waals surface area (Å²) in [6, 6.07) is 7.49. The Labute approximate surface area is 201 Å². The van der Waals surface area contributed by atoms with Gasteiger partial charge in [-0.05, 0) is 63.9 Å². The van der Waals surface area contributed by atoms with Crippen molar-refractivity contribution in [1.82, 2.24) is 34.9 Å². The van der Waals surface area contributed by atoms with Crippen LogP contribution in [0.25, 0.3) is 16.8 Å². The van der Waals surface area contributed by atoms with E-state index in [9.17, 15) is 9.65 Å². The molecule has 1 saturated carbocycles. The first kappa shape index (κ1) is 21.7. The van der Waals surface area contributed by atoms with Crippen LogP contribution in [0.15, 0.2) is 36.8 Å². The SMILES string of the molecule is Cc1c(-c2cc(OC(c3ccc(F)cn3)C3CC3)c3c(C#N)cnn3c2)nnn1C1CCNCC1. The number of rotatable bonds is 6. The molecule has 4 aromatic rings. The standard InChI is InChI=1S/C25H25FN8O/c1-15-23(31-32-34(15)20-6-8-28-9-7-20)17-10-22(24-18(11-27)12-30-33(24)14-17)35-25(16-2-3-16)21-5-4-19(26)13-29-21/h4-5,10,12-14,16,20,25,28H,2-3,6-9H2,1H3. The molecule has 35 heavy (non-hydrogen) atoms. The van der Waals surface area contributed by atoms with E-state index in [2.05, 4.69) is 31.8 Å². The molecule has 178 valence electrons. The Balaban J connectivity index is 1.42. The molecule has 1 saturated heterocycles. The zero-order valence-electron chi connectivity index (χ0n) is 19.4. The van der Waals surface area contributed by atoms with Crippen molar-refractivity contribution in [3.05, 3.63) is 59.6 Å². The van der Waals surface area contributed by atoms with Crippen LogP contribution in [0.3, 0.4) is 0 Å². The minimum atomic E-state index is -0.387. The number of piperidine rings is 1. The van der Waals surface area contributed by atoms with Crippen molar-refractivity contribution in [2.75, 3.05) is 13.1 Å². The van der Waals surface area contributed by atoms with Crippen LogP contribution in [0.2, 0.25) is 0 Å². The van der Waals surface area contributed by atoms with Crippen molar-refractivity contribution in [3.8, 4) is 23.1 Å². The number of nitrogens with zero attached hydrogens (tertiary/aromatic N) is 7. The van der Waals surface area contributed by atoms with Gasteiger partial charge in [0.05, 0.1) is 29.8 Å². The highest BCUT2D eigenvalue weighted by atomic mass is 19.1. The topological polar surface area (TPSA) is 106 Å². The number of ether oxygens (including phenoxy) is 1. The molecule has 0 aromatic carbocycles. The second-order valence-electron chi connectivity index (χ2n) is 9.28. The molecule has 1 unspecified atom stereocenters. The third-order valence-corrected chi connectivity index (χ3v) is 6.90. The van der Waals surface area contributed by atoms with E-state index >= 15 is 0 Å². The largest absolute Gasteiger partial charge is 0.481 e. The van der Waals surface area contributed by atoms with E-state index in [1.165, 1.54) is 18.5 Å². The van der Waals surface area contributed by atoms with Gasteiger partial charge < -0.3 is 10.1 Å². The number of pyridine rings is 2. The van der Waals surface area contributed by atoms with E-state index < -0.39 is 0 Å². The van der Waals surface area contributed by atoms with Crippen LogP contribution in [-0.4, -0.2) is 42.7 Å². The summed E-state index contributed by atoms with van der Waals surface area (Å²) < 4.78 is 23.7. The van der Waals surface area contributed by atoms with Crippen LogP contribution in [0, 0.1) is 30.0 Å². The minimum absolute atomic E-state index is 0.285. The van der Waals surface area contributed by atoms with Gasteiger partial charge in [0.1, 0.15) is 40.5 Å². The molecule has 2 fully saturated rings. The molecule has 4 aromatic heterocycles. The monoisotopic (exact) mass is 472 g/mol. The molecule has 1 atom stereocenters. The van der Waals surface area contributed by atoms with Crippen LogP contribution in [-0.2, 0) is 0 Å². The van der Waals surface area contributed by atoms with Crippen LogP contribution in [0.4, 0.5) is 4.39 Å². The molecule has 0 bridgehead atoms.